The van der Waals surface area contributed by atoms with Gasteiger partial charge in [-0.1, -0.05) is 66.2 Å². The summed E-state index contributed by atoms with van der Waals surface area (Å²) in [5, 5.41) is 6.69. The van der Waals surface area contributed by atoms with Crippen molar-refractivity contribution < 1.29 is 19.1 Å². The minimum absolute atomic E-state index is 0.0578. The minimum Gasteiger partial charge on any atom is -0.418 e. The number of ketones is 1. The Hall–Kier alpha value is -4.21. The van der Waals surface area contributed by atoms with E-state index in [2.05, 4.69) is 21.7 Å². The fourth-order valence-electron chi connectivity index (χ4n) is 5.24. The van der Waals surface area contributed by atoms with Gasteiger partial charge in [0.1, 0.15) is 6.17 Å². The predicted octanol–water partition coefficient (Wildman–Crippen LogP) is 3.44. The molecule has 3 heterocycles. The van der Waals surface area contributed by atoms with E-state index in [1.165, 1.54) is 5.56 Å². The van der Waals surface area contributed by atoms with Crippen molar-refractivity contribution in [3.8, 4) is 0 Å². The lowest BCUT2D eigenvalue weighted by Gasteiger charge is -2.31. The van der Waals surface area contributed by atoms with Crippen LogP contribution in [-0.2, 0) is 33.0 Å². The van der Waals surface area contributed by atoms with Crippen LogP contribution in [0.5, 0.6) is 0 Å². The average Bonchev–Trinajstić information content (AvgIpc) is 3.62. The number of cyclic esters (lactones) is 1. The van der Waals surface area contributed by atoms with Crippen molar-refractivity contribution in [2.75, 3.05) is 6.54 Å². The smallest absolute Gasteiger partial charge is 0.380 e. The molecule has 4 N–H and O–H groups in total. The van der Waals surface area contributed by atoms with Gasteiger partial charge in [0.05, 0.1) is 17.3 Å². The number of carbonyl (C=O) groups is 3. The molecule has 1 saturated heterocycles. The third kappa shape index (κ3) is 4.53. The highest BCUT2D eigenvalue weighted by molar-refractivity contribution is 6.32. The molecular weight excluding hydrogens is 518 g/mol. The number of guanidine groups is 1. The molecule has 198 valence electrons. The first-order valence-electron chi connectivity index (χ1n) is 12.7. The first-order valence-corrected chi connectivity index (χ1v) is 13.1. The summed E-state index contributed by atoms with van der Waals surface area (Å²) in [6.07, 6.45) is 0.768. The Morgan fingerprint density at radius 3 is 2.67 bits per heavy atom. The van der Waals surface area contributed by atoms with E-state index in [1.807, 2.05) is 18.2 Å². The van der Waals surface area contributed by atoms with Crippen molar-refractivity contribution >= 4 is 40.9 Å². The topological polar surface area (TPSA) is 129 Å². The second-order valence-corrected chi connectivity index (χ2v) is 10.1. The highest BCUT2D eigenvalue weighted by Crippen LogP contribution is 2.48. The highest BCUT2D eigenvalue weighted by atomic mass is 35.5. The van der Waals surface area contributed by atoms with Gasteiger partial charge in [-0.05, 0) is 35.2 Å². The molecule has 3 aromatic carbocycles. The van der Waals surface area contributed by atoms with Crippen LogP contribution in [0.1, 0.15) is 51.6 Å². The van der Waals surface area contributed by atoms with Gasteiger partial charge in [0.2, 0.25) is 11.9 Å². The molecule has 3 aromatic rings. The second-order valence-electron chi connectivity index (χ2n) is 9.74. The number of nitrogens with two attached hydrogens (primary N) is 1. The van der Waals surface area contributed by atoms with Crippen molar-refractivity contribution in [2.24, 2.45) is 10.7 Å². The van der Waals surface area contributed by atoms with Gasteiger partial charge in [-0.2, -0.15) is 0 Å². The maximum Gasteiger partial charge on any atom is 0.380 e. The summed E-state index contributed by atoms with van der Waals surface area (Å²) in [7, 11) is 0. The van der Waals surface area contributed by atoms with Gasteiger partial charge in [0.25, 0.3) is 0 Å². The third-order valence-electron chi connectivity index (χ3n) is 7.34. The largest absolute Gasteiger partial charge is 0.418 e. The van der Waals surface area contributed by atoms with Crippen LogP contribution in [0.25, 0.3) is 0 Å². The Labute approximate surface area is 230 Å². The van der Waals surface area contributed by atoms with Crippen LogP contribution >= 0.6 is 11.6 Å². The van der Waals surface area contributed by atoms with Crippen LogP contribution in [-0.4, -0.2) is 35.1 Å². The van der Waals surface area contributed by atoms with Crippen molar-refractivity contribution in [1.82, 2.24) is 15.5 Å². The Bertz CT molecular complexity index is 1540. The fourth-order valence-corrected chi connectivity index (χ4v) is 5.50. The van der Waals surface area contributed by atoms with Gasteiger partial charge in [-0.3, -0.25) is 19.8 Å². The highest BCUT2D eigenvalue weighted by Gasteiger charge is 2.66. The average molecular weight is 544 g/mol. The molecule has 39 heavy (non-hydrogen) atoms. The standard InChI is InChI=1S/C29H26ClN5O4/c30-22-8-4-3-7-21(22)29(27(38)39-29)35-16-19-10-9-18(15-23(19)33-28(35)31)24(36)11-12-25(37)34-26-20-6-2-1-5-17(20)13-14-32-26/h1-10,15,26,32H,11-14,16H2,(H2,31,33)(H,34,37). The maximum absolute atomic E-state index is 12.9. The monoisotopic (exact) mass is 543 g/mol. The zero-order valence-electron chi connectivity index (χ0n) is 20.9. The SMILES string of the molecule is NC1=Nc2cc(C(=O)CCC(=O)NC3NCCc4ccccc43)ccc2CN1C1(c2ccccc2Cl)OC1=O. The Morgan fingerprint density at radius 2 is 1.87 bits per heavy atom. The molecule has 1 amide bonds. The number of rotatable bonds is 7. The normalized spacial score (nSPS) is 21.3. The zero-order valence-corrected chi connectivity index (χ0v) is 21.7. The molecule has 2 unspecified atom stereocenters. The van der Waals surface area contributed by atoms with Crippen LogP contribution in [0.3, 0.4) is 0 Å². The predicted molar refractivity (Wildman–Crippen MR) is 145 cm³/mol. The van der Waals surface area contributed by atoms with Crippen molar-refractivity contribution in [3.05, 3.63) is 99.6 Å². The summed E-state index contributed by atoms with van der Waals surface area (Å²) in [6.45, 7) is 1.02. The van der Waals surface area contributed by atoms with Crippen LogP contribution in [0.2, 0.25) is 5.02 Å². The number of epoxide rings is 1. The molecule has 0 spiro atoms. The number of aliphatic imine (C=N–C) groups is 1. The molecule has 0 aliphatic carbocycles. The van der Waals surface area contributed by atoms with Gasteiger partial charge < -0.3 is 15.8 Å². The van der Waals surface area contributed by atoms with Crippen LogP contribution < -0.4 is 16.4 Å². The number of Topliss-reactive ketones (excluding diaryl/α,β-unsaturated/α-hetero) is 1. The molecule has 0 bridgehead atoms. The number of hydrogen-bond donors (Lipinski definition) is 3. The van der Waals surface area contributed by atoms with E-state index in [4.69, 9.17) is 22.1 Å². The summed E-state index contributed by atoms with van der Waals surface area (Å²) in [4.78, 5) is 44.1. The summed E-state index contributed by atoms with van der Waals surface area (Å²) in [5.41, 5.74) is 9.36. The summed E-state index contributed by atoms with van der Waals surface area (Å²) < 4.78 is 5.43. The number of hydrogen-bond acceptors (Lipinski definition) is 8. The number of nitrogens with one attached hydrogen (secondary N) is 2. The second kappa shape index (κ2) is 9.83. The molecule has 0 aromatic heterocycles. The summed E-state index contributed by atoms with van der Waals surface area (Å²) >= 11 is 6.36. The Morgan fingerprint density at radius 1 is 1.10 bits per heavy atom. The lowest BCUT2D eigenvalue weighted by molar-refractivity contribution is -0.122. The van der Waals surface area contributed by atoms with E-state index in [9.17, 15) is 14.4 Å². The van der Waals surface area contributed by atoms with Gasteiger partial charge in [0.15, 0.2) is 5.78 Å². The summed E-state index contributed by atoms with van der Waals surface area (Å²) in [5.74, 6) is -0.756. The molecule has 10 heteroatoms. The lowest BCUT2D eigenvalue weighted by Crippen LogP contribution is -2.47. The third-order valence-corrected chi connectivity index (χ3v) is 7.66. The maximum atomic E-state index is 12.9. The lowest BCUT2D eigenvalue weighted by atomic mass is 9.98. The summed E-state index contributed by atoms with van der Waals surface area (Å²) in [6, 6.07) is 20.1. The Kier molecular flexibility index (Phi) is 6.32. The molecule has 0 saturated carbocycles. The molecule has 3 aliphatic heterocycles. The fraction of sp³-hybridized carbons (Fsp3) is 0.241. The van der Waals surface area contributed by atoms with E-state index >= 15 is 0 Å². The van der Waals surface area contributed by atoms with Gasteiger partial charge >= 0.3 is 11.7 Å². The number of ether oxygens (including phenoxy) is 1. The number of fused-ring (bicyclic) bond motifs is 2. The van der Waals surface area contributed by atoms with Gasteiger partial charge in [-0.25, -0.2) is 9.79 Å². The van der Waals surface area contributed by atoms with Crippen LogP contribution in [0, 0.1) is 0 Å². The van der Waals surface area contributed by atoms with E-state index in [1.54, 1.807) is 47.4 Å². The van der Waals surface area contributed by atoms with Crippen molar-refractivity contribution in [3.63, 3.8) is 0 Å². The molecule has 1 fully saturated rings. The number of carbonyl (C=O) groups excluding carboxylic acids is 3. The number of nitrogens with zero attached hydrogens (tertiary/aromatic N) is 2. The quantitative estimate of drug-likeness (QED) is 0.307. The van der Waals surface area contributed by atoms with E-state index in [0.717, 1.165) is 24.1 Å². The van der Waals surface area contributed by atoms with Crippen LogP contribution in [0.4, 0.5) is 5.69 Å². The van der Waals surface area contributed by atoms with Gasteiger partial charge in [-0.15, -0.1) is 0 Å². The van der Waals surface area contributed by atoms with Crippen molar-refractivity contribution in [2.45, 2.75) is 37.7 Å². The van der Waals surface area contributed by atoms with Crippen molar-refractivity contribution in [1.29, 1.82) is 0 Å². The van der Waals surface area contributed by atoms with E-state index < -0.39 is 11.7 Å². The number of benzene rings is 3. The molecule has 3 aliphatic rings. The minimum atomic E-state index is -1.42. The first-order chi connectivity index (χ1) is 18.9. The van der Waals surface area contributed by atoms with E-state index in [0.29, 0.717) is 21.8 Å². The van der Waals surface area contributed by atoms with Crippen LogP contribution in [0.15, 0.2) is 71.7 Å². The Balaban J connectivity index is 1.12. The van der Waals surface area contributed by atoms with E-state index in [-0.39, 0.29) is 43.2 Å². The van der Waals surface area contributed by atoms with Gasteiger partial charge in [0, 0.05) is 30.5 Å². The molecule has 6 rings (SSSR count). The molecule has 0 radical (unpaired) electrons. The number of amides is 1. The zero-order chi connectivity index (χ0) is 27.1. The first kappa shape index (κ1) is 25.1. The molecule has 9 nitrogen and oxygen atoms in total. The molecular formula is C29H26ClN5O4. The molecule has 2 atom stereocenters. The number of halogens is 1.